The van der Waals surface area contributed by atoms with Gasteiger partial charge in [-0.15, -0.1) is 0 Å². The second kappa shape index (κ2) is 6.34. The van der Waals surface area contributed by atoms with Gasteiger partial charge in [0, 0.05) is 63.3 Å². The number of ether oxygens (including phenoxy) is 1. The SMILES string of the molecule is CC(C)N1CCN(C2CN(c3ncnc4c3COCC4)C2)CC1. The molecule has 0 atom stereocenters. The summed E-state index contributed by atoms with van der Waals surface area (Å²) in [6, 6.07) is 1.35. The summed E-state index contributed by atoms with van der Waals surface area (Å²) < 4.78 is 5.61. The topological polar surface area (TPSA) is 44.7 Å². The lowest BCUT2D eigenvalue weighted by Crippen LogP contribution is -2.64. The third-order valence-corrected chi connectivity index (χ3v) is 5.50. The Morgan fingerprint density at radius 3 is 2.65 bits per heavy atom. The Kier molecular flexibility index (Phi) is 4.22. The lowest BCUT2D eigenvalue weighted by molar-refractivity contribution is 0.0671. The molecule has 2 saturated heterocycles. The first-order valence-electron chi connectivity index (χ1n) is 8.86. The normalized spacial score (nSPS) is 23.9. The lowest BCUT2D eigenvalue weighted by atomic mass is 10.0. The highest BCUT2D eigenvalue weighted by atomic mass is 16.5. The zero-order valence-corrected chi connectivity index (χ0v) is 14.2. The Morgan fingerprint density at radius 1 is 1.13 bits per heavy atom. The van der Waals surface area contributed by atoms with Crippen LogP contribution in [0.25, 0.3) is 0 Å². The van der Waals surface area contributed by atoms with Crippen LogP contribution in [-0.4, -0.2) is 77.7 Å². The van der Waals surface area contributed by atoms with Crippen molar-refractivity contribution in [2.24, 2.45) is 0 Å². The molecule has 3 aliphatic heterocycles. The Bertz CT molecular complexity index is 550. The second-order valence-corrected chi connectivity index (χ2v) is 7.15. The van der Waals surface area contributed by atoms with E-state index in [0.717, 1.165) is 31.9 Å². The third-order valence-electron chi connectivity index (χ3n) is 5.50. The van der Waals surface area contributed by atoms with Crippen molar-refractivity contribution in [2.75, 3.05) is 50.8 Å². The number of hydrogen-bond donors (Lipinski definition) is 0. The van der Waals surface area contributed by atoms with E-state index in [-0.39, 0.29) is 0 Å². The van der Waals surface area contributed by atoms with Crippen LogP contribution in [0.5, 0.6) is 0 Å². The summed E-state index contributed by atoms with van der Waals surface area (Å²) in [7, 11) is 0. The van der Waals surface area contributed by atoms with Crippen LogP contribution in [0.2, 0.25) is 0 Å². The van der Waals surface area contributed by atoms with Gasteiger partial charge in [-0.3, -0.25) is 9.80 Å². The van der Waals surface area contributed by atoms with Crippen LogP contribution in [-0.2, 0) is 17.8 Å². The largest absolute Gasteiger partial charge is 0.376 e. The highest BCUT2D eigenvalue weighted by Gasteiger charge is 2.36. The van der Waals surface area contributed by atoms with Crippen LogP contribution in [0.3, 0.4) is 0 Å². The van der Waals surface area contributed by atoms with Gasteiger partial charge in [0.2, 0.25) is 0 Å². The van der Waals surface area contributed by atoms with Gasteiger partial charge in [-0.25, -0.2) is 9.97 Å². The Balaban J connectivity index is 1.36. The van der Waals surface area contributed by atoms with E-state index in [2.05, 4.69) is 38.5 Å². The molecule has 3 aliphatic rings. The average Bonchev–Trinajstić information content (AvgIpc) is 2.54. The molecule has 6 heteroatoms. The minimum atomic E-state index is 0.666. The number of piperazine rings is 1. The van der Waals surface area contributed by atoms with E-state index in [4.69, 9.17) is 4.74 Å². The maximum absolute atomic E-state index is 5.61. The molecule has 0 amide bonds. The minimum absolute atomic E-state index is 0.666. The Morgan fingerprint density at radius 2 is 1.91 bits per heavy atom. The first kappa shape index (κ1) is 15.3. The van der Waals surface area contributed by atoms with Gasteiger partial charge in [0.1, 0.15) is 12.1 Å². The average molecular weight is 317 g/mol. The van der Waals surface area contributed by atoms with E-state index in [1.54, 1.807) is 6.33 Å². The number of rotatable bonds is 3. The molecule has 1 aromatic heterocycles. The zero-order chi connectivity index (χ0) is 15.8. The smallest absolute Gasteiger partial charge is 0.137 e. The van der Waals surface area contributed by atoms with Crippen LogP contribution in [0.15, 0.2) is 6.33 Å². The van der Waals surface area contributed by atoms with Gasteiger partial charge in [0.05, 0.1) is 18.9 Å². The van der Waals surface area contributed by atoms with Crippen molar-refractivity contribution >= 4 is 5.82 Å². The van der Waals surface area contributed by atoms with Crippen molar-refractivity contribution in [2.45, 2.75) is 39.0 Å². The van der Waals surface area contributed by atoms with Gasteiger partial charge in [0.15, 0.2) is 0 Å². The van der Waals surface area contributed by atoms with Gasteiger partial charge in [-0.1, -0.05) is 0 Å². The van der Waals surface area contributed by atoms with Crippen molar-refractivity contribution in [3.05, 3.63) is 17.6 Å². The maximum atomic E-state index is 5.61. The van der Waals surface area contributed by atoms with Crippen molar-refractivity contribution in [3.63, 3.8) is 0 Å². The van der Waals surface area contributed by atoms with E-state index in [0.29, 0.717) is 18.7 Å². The number of aromatic nitrogens is 2. The first-order valence-corrected chi connectivity index (χ1v) is 8.86. The summed E-state index contributed by atoms with van der Waals surface area (Å²) in [6.07, 6.45) is 2.63. The molecule has 1 aromatic rings. The van der Waals surface area contributed by atoms with Crippen molar-refractivity contribution in [3.8, 4) is 0 Å². The highest BCUT2D eigenvalue weighted by molar-refractivity contribution is 5.51. The fraction of sp³-hybridized carbons (Fsp3) is 0.765. The summed E-state index contributed by atoms with van der Waals surface area (Å²) in [5.41, 5.74) is 2.39. The highest BCUT2D eigenvalue weighted by Crippen LogP contribution is 2.29. The number of nitrogens with zero attached hydrogens (tertiary/aromatic N) is 5. The zero-order valence-electron chi connectivity index (χ0n) is 14.2. The van der Waals surface area contributed by atoms with E-state index < -0.39 is 0 Å². The van der Waals surface area contributed by atoms with E-state index >= 15 is 0 Å². The Labute approximate surface area is 138 Å². The summed E-state index contributed by atoms with van der Waals surface area (Å²) in [5, 5.41) is 0. The van der Waals surface area contributed by atoms with E-state index in [1.807, 2.05) is 0 Å². The Hall–Kier alpha value is -1.24. The summed E-state index contributed by atoms with van der Waals surface area (Å²) in [4.78, 5) is 16.6. The molecule has 4 heterocycles. The van der Waals surface area contributed by atoms with Gasteiger partial charge in [0.25, 0.3) is 0 Å². The van der Waals surface area contributed by atoms with Crippen LogP contribution in [0, 0.1) is 0 Å². The van der Waals surface area contributed by atoms with Gasteiger partial charge in [-0.05, 0) is 13.8 Å². The summed E-state index contributed by atoms with van der Waals surface area (Å²) in [6.45, 7) is 13.0. The first-order chi connectivity index (χ1) is 11.2. The summed E-state index contributed by atoms with van der Waals surface area (Å²) in [5.74, 6) is 1.10. The molecule has 0 unspecified atom stereocenters. The predicted octanol–water partition coefficient (Wildman–Crippen LogP) is 0.764. The molecule has 0 N–H and O–H groups in total. The molecule has 0 saturated carbocycles. The quantitative estimate of drug-likeness (QED) is 0.820. The monoisotopic (exact) mass is 317 g/mol. The van der Waals surface area contributed by atoms with E-state index in [9.17, 15) is 0 Å². The summed E-state index contributed by atoms with van der Waals surface area (Å²) >= 11 is 0. The molecule has 6 nitrogen and oxygen atoms in total. The molecule has 0 radical (unpaired) electrons. The lowest BCUT2D eigenvalue weighted by Gasteiger charge is -2.49. The second-order valence-electron chi connectivity index (χ2n) is 7.15. The van der Waals surface area contributed by atoms with Crippen molar-refractivity contribution < 1.29 is 4.74 Å². The maximum Gasteiger partial charge on any atom is 0.137 e. The molecular weight excluding hydrogens is 290 g/mol. The van der Waals surface area contributed by atoms with Crippen LogP contribution < -0.4 is 4.90 Å². The van der Waals surface area contributed by atoms with Crippen molar-refractivity contribution in [1.82, 2.24) is 19.8 Å². The third kappa shape index (κ3) is 2.95. The van der Waals surface area contributed by atoms with E-state index in [1.165, 1.54) is 37.4 Å². The molecule has 23 heavy (non-hydrogen) atoms. The molecular formula is C17H27N5O. The molecule has 4 rings (SSSR count). The fourth-order valence-electron chi connectivity index (χ4n) is 3.90. The van der Waals surface area contributed by atoms with Gasteiger partial charge in [-0.2, -0.15) is 0 Å². The molecule has 0 aliphatic carbocycles. The van der Waals surface area contributed by atoms with Crippen molar-refractivity contribution in [1.29, 1.82) is 0 Å². The molecule has 126 valence electrons. The molecule has 0 spiro atoms. The fourth-order valence-corrected chi connectivity index (χ4v) is 3.90. The van der Waals surface area contributed by atoms with Gasteiger partial charge >= 0.3 is 0 Å². The van der Waals surface area contributed by atoms with Crippen LogP contribution in [0.4, 0.5) is 5.82 Å². The van der Waals surface area contributed by atoms with Crippen LogP contribution >= 0.6 is 0 Å². The number of anilines is 1. The molecule has 0 aromatic carbocycles. The predicted molar refractivity (Wildman–Crippen MR) is 89.7 cm³/mol. The number of fused-ring (bicyclic) bond motifs is 1. The molecule has 2 fully saturated rings. The van der Waals surface area contributed by atoms with Gasteiger partial charge < -0.3 is 9.64 Å². The minimum Gasteiger partial charge on any atom is -0.376 e. The molecule has 0 bridgehead atoms. The number of hydrogen-bond acceptors (Lipinski definition) is 6. The standard InChI is InChI=1S/C17H27N5O/c1-13(2)20-4-6-21(7-5-20)14-9-22(10-14)17-15-11-23-8-3-16(15)18-12-19-17/h12-14H,3-11H2,1-2H3. The van der Waals surface area contributed by atoms with Crippen LogP contribution in [0.1, 0.15) is 25.1 Å².